The predicted molar refractivity (Wildman–Crippen MR) is 108 cm³/mol. The monoisotopic (exact) mass is 381 g/mol. The van der Waals surface area contributed by atoms with Crippen molar-refractivity contribution < 1.29 is 14.4 Å². The van der Waals surface area contributed by atoms with Crippen molar-refractivity contribution in [3.05, 3.63) is 0 Å². The van der Waals surface area contributed by atoms with E-state index in [1.807, 2.05) is 30.6 Å². The van der Waals surface area contributed by atoms with E-state index in [4.69, 9.17) is 5.73 Å². The minimum absolute atomic E-state index is 0.00185. The zero-order valence-electron chi connectivity index (χ0n) is 17.9. The fourth-order valence-electron chi connectivity index (χ4n) is 4.20. The molecule has 0 radical (unpaired) electrons. The van der Waals surface area contributed by atoms with Crippen LogP contribution < -0.4 is 5.73 Å². The van der Waals surface area contributed by atoms with Crippen molar-refractivity contribution in [3.63, 3.8) is 0 Å². The number of primary amides is 1. The Hall–Kier alpha value is -1.59. The highest BCUT2D eigenvalue weighted by molar-refractivity contribution is 5.87. The zero-order chi connectivity index (χ0) is 20.6. The van der Waals surface area contributed by atoms with E-state index in [0.717, 1.165) is 19.3 Å². The minimum Gasteiger partial charge on any atom is -0.369 e. The number of amides is 3. The van der Waals surface area contributed by atoms with E-state index in [2.05, 4.69) is 13.8 Å². The zero-order valence-corrected chi connectivity index (χ0v) is 17.9. The second kappa shape index (κ2) is 11.3. The van der Waals surface area contributed by atoms with Crippen molar-refractivity contribution in [1.29, 1.82) is 0 Å². The lowest BCUT2D eigenvalue weighted by Crippen LogP contribution is -2.50. The van der Waals surface area contributed by atoms with Crippen molar-refractivity contribution in [2.75, 3.05) is 26.2 Å². The first-order valence-corrected chi connectivity index (χ1v) is 10.6. The van der Waals surface area contributed by atoms with Crippen LogP contribution in [0.25, 0.3) is 0 Å². The van der Waals surface area contributed by atoms with Gasteiger partial charge in [0.15, 0.2) is 0 Å². The predicted octanol–water partition coefficient (Wildman–Crippen LogP) is 2.66. The van der Waals surface area contributed by atoms with Crippen LogP contribution in [0.15, 0.2) is 0 Å². The van der Waals surface area contributed by atoms with Gasteiger partial charge in [0.25, 0.3) is 0 Å². The molecule has 0 spiro atoms. The summed E-state index contributed by atoms with van der Waals surface area (Å²) in [5.41, 5.74) is 5.65. The van der Waals surface area contributed by atoms with Gasteiger partial charge in [-0.15, -0.1) is 0 Å². The van der Waals surface area contributed by atoms with Crippen molar-refractivity contribution in [1.82, 2.24) is 9.80 Å². The van der Waals surface area contributed by atoms with Gasteiger partial charge < -0.3 is 15.5 Å². The second-order valence-electron chi connectivity index (χ2n) is 8.17. The molecule has 3 amide bonds. The first kappa shape index (κ1) is 23.4. The van der Waals surface area contributed by atoms with Gasteiger partial charge in [0.05, 0.1) is 5.92 Å². The Kier molecular flexibility index (Phi) is 9.81. The van der Waals surface area contributed by atoms with Crippen LogP contribution in [0.3, 0.4) is 0 Å². The Morgan fingerprint density at radius 2 is 1.74 bits per heavy atom. The lowest BCUT2D eigenvalue weighted by Gasteiger charge is -2.37. The van der Waals surface area contributed by atoms with E-state index in [0.29, 0.717) is 44.9 Å². The molecule has 0 aliphatic carbocycles. The molecule has 1 fully saturated rings. The summed E-state index contributed by atoms with van der Waals surface area (Å²) in [5, 5.41) is 0. The molecule has 1 aliphatic rings. The summed E-state index contributed by atoms with van der Waals surface area (Å²) in [6.45, 7) is 12.6. The summed E-state index contributed by atoms with van der Waals surface area (Å²) < 4.78 is 0. The Morgan fingerprint density at radius 1 is 1.11 bits per heavy atom. The molecule has 0 saturated carbocycles. The minimum atomic E-state index is -0.427. The number of piperidine rings is 1. The number of likely N-dealkylation sites (tertiary alicyclic amines) is 1. The highest BCUT2D eigenvalue weighted by atomic mass is 16.2. The highest BCUT2D eigenvalue weighted by Crippen LogP contribution is 2.29. The quantitative estimate of drug-likeness (QED) is 0.631. The van der Waals surface area contributed by atoms with Crippen molar-refractivity contribution in [2.45, 2.75) is 66.7 Å². The fraction of sp³-hybridized carbons (Fsp3) is 0.857. The normalized spacial score (nSPS) is 19.6. The van der Waals surface area contributed by atoms with Crippen LogP contribution >= 0.6 is 0 Å². The van der Waals surface area contributed by atoms with E-state index in [1.54, 1.807) is 0 Å². The average molecular weight is 382 g/mol. The maximum Gasteiger partial charge on any atom is 0.227 e. The molecule has 156 valence electrons. The molecule has 1 saturated heterocycles. The van der Waals surface area contributed by atoms with Gasteiger partial charge >= 0.3 is 0 Å². The van der Waals surface area contributed by atoms with Crippen LogP contribution in [0.2, 0.25) is 0 Å². The summed E-state index contributed by atoms with van der Waals surface area (Å²) in [6.07, 6.45) is 3.75. The highest BCUT2D eigenvalue weighted by Gasteiger charge is 2.38. The Bertz CT molecular complexity index is 503. The van der Waals surface area contributed by atoms with E-state index < -0.39 is 5.92 Å². The Labute approximate surface area is 164 Å². The van der Waals surface area contributed by atoms with Crippen LogP contribution in [-0.2, 0) is 14.4 Å². The van der Waals surface area contributed by atoms with Crippen molar-refractivity contribution in [2.24, 2.45) is 29.4 Å². The van der Waals surface area contributed by atoms with E-state index in [1.165, 1.54) is 0 Å². The standard InChI is InChI=1S/C21H39N3O3/c1-6-10-17(19(22)25)18(13-15(4)5)21(27)24-12-9-11-16(14-24)20(26)23(7-2)8-3/h15-18H,6-14H2,1-5H3,(H2,22,25)/t16?,17-,18+/m0/s1. The van der Waals surface area contributed by atoms with Gasteiger partial charge in [0.2, 0.25) is 17.7 Å². The topological polar surface area (TPSA) is 83.7 Å². The number of carbonyl (C=O) groups excluding carboxylic acids is 3. The van der Waals surface area contributed by atoms with E-state index in [9.17, 15) is 14.4 Å². The van der Waals surface area contributed by atoms with Crippen LogP contribution in [0, 0.1) is 23.7 Å². The van der Waals surface area contributed by atoms with Crippen molar-refractivity contribution >= 4 is 17.7 Å². The fourth-order valence-corrected chi connectivity index (χ4v) is 4.20. The molecule has 0 aromatic heterocycles. The van der Waals surface area contributed by atoms with Crippen LogP contribution in [0.5, 0.6) is 0 Å². The molecule has 1 rings (SSSR count). The largest absolute Gasteiger partial charge is 0.369 e. The number of hydrogen-bond donors (Lipinski definition) is 1. The molecule has 1 unspecified atom stereocenters. The SMILES string of the molecule is CCC[C@H](C(N)=O)[C@@H](CC(C)C)C(=O)N1CCCC(C(=O)N(CC)CC)C1. The third kappa shape index (κ3) is 6.51. The third-order valence-corrected chi connectivity index (χ3v) is 5.65. The molecule has 3 atom stereocenters. The Morgan fingerprint density at radius 3 is 2.22 bits per heavy atom. The maximum absolute atomic E-state index is 13.3. The summed E-state index contributed by atoms with van der Waals surface area (Å²) in [6, 6.07) is 0. The van der Waals surface area contributed by atoms with Crippen LogP contribution in [-0.4, -0.2) is 53.7 Å². The van der Waals surface area contributed by atoms with E-state index in [-0.39, 0.29) is 29.6 Å². The molecular weight excluding hydrogens is 342 g/mol. The summed E-state index contributed by atoms with van der Waals surface area (Å²) in [5.74, 6) is -0.899. The number of carbonyl (C=O) groups is 3. The lowest BCUT2D eigenvalue weighted by molar-refractivity contribution is -0.146. The van der Waals surface area contributed by atoms with Gasteiger partial charge in [0, 0.05) is 38.0 Å². The van der Waals surface area contributed by atoms with Crippen molar-refractivity contribution in [3.8, 4) is 0 Å². The number of hydrogen-bond acceptors (Lipinski definition) is 3. The molecule has 2 N–H and O–H groups in total. The summed E-state index contributed by atoms with van der Waals surface area (Å²) in [7, 11) is 0. The van der Waals surface area contributed by atoms with E-state index >= 15 is 0 Å². The molecule has 0 aromatic carbocycles. The van der Waals surface area contributed by atoms with Gasteiger partial charge in [-0.05, 0) is 45.4 Å². The summed E-state index contributed by atoms with van der Waals surface area (Å²) in [4.78, 5) is 41.7. The molecule has 0 bridgehead atoms. The van der Waals surface area contributed by atoms with Gasteiger partial charge in [0.1, 0.15) is 0 Å². The van der Waals surface area contributed by atoms with Gasteiger partial charge in [-0.3, -0.25) is 14.4 Å². The number of nitrogens with two attached hydrogens (primary N) is 1. The molecule has 1 heterocycles. The Balaban J connectivity index is 2.96. The molecule has 0 aromatic rings. The molecule has 6 heteroatoms. The molecule has 27 heavy (non-hydrogen) atoms. The lowest BCUT2D eigenvalue weighted by atomic mass is 9.80. The van der Waals surface area contributed by atoms with Gasteiger partial charge in [-0.1, -0.05) is 27.2 Å². The van der Waals surface area contributed by atoms with Gasteiger partial charge in [-0.2, -0.15) is 0 Å². The third-order valence-electron chi connectivity index (χ3n) is 5.65. The smallest absolute Gasteiger partial charge is 0.227 e. The number of nitrogens with zero attached hydrogens (tertiary/aromatic N) is 2. The van der Waals surface area contributed by atoms with Crippen LogP contribution in [0.1, 0.15) is 66.7 Å². The number of rotatable bonds is 10. The average Bonchev–Trinajstić information content (AvgIpc) is 2.64. The van der Waals surface area contributed by atoms with Crippen LogP contribution in [0.4, 0.5) is 0 Å². The first-order valence-electron chi connectivity index (χ1n) is 10.6. The second-order valence-corrected chi connectivity index (χ2v) is 8.17. The molecule has 1 aliphatic heterocycles. The molecular formula is C21H39N3O3. The summed E-state index contributed by atoms with van der Waals surface area (Å²) >= 11 is 0. The first-order chi connectivity index (χ1) is 12.8. The maximum atomic E-state index is 13.3. The molecule has 6 nitrogen and oxygen atoms in total. The van der Waals surface area contributed by atoms with Gasteiger partial charge in [-0.25, -0.2) is 0 Å².